The fourth-order valence-corrected chi connectivity index (χ4v) is 2.06. The molecule has 0 N–H and O–H groups in total. The first-order valence-electron chi connectivity index (χ1n) is 5.64. The molecule has 1 aliphatic rings. The standard InChI is InChI=1S/C13H10FN3O/c14-11-8-10(13(4-5-13)15-9-18)2-3-12(11)17-7-1-6-16-17/h1-3,6-8H,4-5H2. The summed E-state index contributed by atoms with van der Waals surface area (Å²) in [6, 6.07) is 6.59. The molecule has 0 spiro atoms. The second-order valence-corrected chi connectivity index (χ2v) is 4.35. The third-order valence-corrected chi connectivity index (χ3v) is 3.22. The minimum absolute atomic E-state index is 0.372. The van der Waals surface area contributed by atoms with Crippen LogP contribution in [-0.2, 0) is 10.3 Å². The summed E-state index contributed by atoms with van der Waals surface area (Å²) < 4.78 is 15.5. The van der Waals surface area contributed by atoms with Crippen LogP contribution in [-0.4, -0.2) is 15.9 Å². The molecule has 0 saturated heterocycles. The maximum Gasteiger partial charge on any atom is 0.235 e. The summed E-state index contributed by atoms with van der Waals surface area (Å²) in [5.41, 5.74) is 0.569. The number of carbonyl (C=O) groups excluding carboxylic acids is 1. The molecular formula is C13H10FN3O. The van der Waals surface area contributed by atoms with E-state index in [1.807, 2.05) is 0 Å². The second kappa shape index (κ2) is 3.89. The van der Waals surface area contributed by atoms with Crippen LogP contribution in [0.3, 0.4) is 0 Å². The summed E-state index contributed by atoms with van der Waals surface area (Å²) in [6.07, 6.45) is 6.36. The van der Waals surface area contributed by atoms with Crippen molar-refractivity contribution in [1.29, 1.82) is 0 Å². The Hall–Kier alpha value is -2.26. The van der Waals surface area contributed by atoms with Crippen molar-refractivity contribution in [1.82, 2.24) is 9.78 Å². The van der Waals surface area contributed by atoms with Gasteiger partial charge in [-0.05, 0) is 36.6 Å². The first kappa shape index (κ1) is 10.9. The smallest absolute Gasteiger partial charge is 0.235 e. The zero-order chi connectivity index (χ0) is 12.6. The number of hydrogen-bond acceptors (Lipinski definition) is 3. The monoisotopic (exact) mass is 243 g/mol. The molecule has 0 bridgehead atoms. The van der Waals surface area contributed by atoms with Crippen molar-refractivity contribution in [2.24, 2.45) is 4.99 Å². The predicted molar refractivity (Wildman–Crippen MR) is 62.6 cm³/mol. The van der Waals surface area contributed by atoms with Gasteiger partial charge in [0.2, 0.25) is 6.08 Å². The second-order valence-electron chi connectivity index (χ2n) is 4.35. The first-order valence-corrected chi connectivity index (χ1v) is 5.64. The fraction of sp³-hybridized carbons (Fsp3) is 0.231. The molecule has 4 nitrogen and oxygen atoms in total. The van der Waals surface area contributed by atoms with Gasteiger partial charge in [-0.3, -0.25) is 0 Å². The summed E-state index contributed by atoms with van der Waals surface area (Å²) in [7, 11) is 0. The zero-order valence-corrected chi connectivity index (χ0v) is 9.51. The van der Waals surface area contributed by atoms with Gasteiger partial charge in [0.15, 0.2) is 0 Å². The van der Waals surface area contributed by atoms with E-state index in [0.29, 0.717) is 5.69 Å². The third kappa shape index (κ3) is 1.65. The highest BCUT2D eigenvalue weighted by Gasteiger charge is 2.45. The molecule has 0 unspecified atom stereocenters. The molecular weight excluding hydrogens is 233 g/mol. The predicted octanol–water partition coefficient (Wildman–Crippen LogP) is 2.34. The van der Waals surface area contributed by atoms with Crippen LogP contribution < -0.4 is 0 Å². The number of hydrogen-bond donors (Lipinski definition) is 0. The van der Waals surface area contributed by atoms with Crippen molar-refractivity contribution in [3.8, 4) is 5.69 Å². The highest BCUT2D eigenvalue weighted by Crippen LogP contribution is 2.49. The van der Waals surface area contributed by atoms with Gasteiger partial charge in [0, 0.05) is 12.4 Å². The Morgan fingerprint density at radius 3 is 2.83 bits per heavy atom. The van der Waals surface area contributed by atoms with Crippen molar-refractivity contribution in [3.05, 3.63) is 48.0 Å². The molecule has 1 aromatic carbocycles. The lowest BCUT2D eigenvalue weighted by Gasteiger charge is -2.10. The van der Waals surface area contributed by atoms with Crippen molar-refractivity contribution < 1.29 is 9.18 Å². The van der Waals surface area contributed by atoms with Gasteiger partial charge in [0.25, 0.3) is 0 Å². The minimum Gasteiger partial charge on any atom is -0.238 e. The van der Waals surface area contributed by atoms with Crippen LogP contribution in [0, 0.1) is 5.82 Å². The third-order valence-electron chi connectivity index (χ3n) is 3.22. The molecule has 1 saturated carbocycles. The summed E-state index contributed by atoms with van der Waals surface area (Å²) in [4.78, 5) is 14.1. The maximum absolute atomic E-state index is 14.0. The van der Waals surface area contributed by atoms with Crippen molar-refractivity contribution in [2.45, 2.75) is 18.4 Å². The van der Waals surface area contributed by atoms with E-state index in [1.54, 1.807) is 36.7 Å². The molecule has 18 heavy (non-hydrogen) atoms. The van der Waals surface area contributed by atoms with Crippen LogP contribution >= 0.6 is 0 Å². The zero-order valence-electron chi connectivity index (χ0n) is 9.51. The van der Waals surface area contributed by atoms with Gasteiger partial charge in [0.1, 0.15) is 11.5 Å². The van der Waals surface area contributed by atoms with E-state index in [4.69, 9.17) is 0 Å². The largest absolute Gasteiger partial charge is 0.238 e. The number of nitrogens with zero attached hydrogens (tertiary/aromatic N) is 3. The Bertz CT molecular complexity index is 626. The molecule has 1 aromatic heterocycles. The molecule has 1 aliphatic carbocycles. The molecule has 0 amide bonds. The van der Waals surface area contributed by atoms with Gasteiger partial charge in [-0.2, -0.15) is 10.1 Å². The Balaban J connectivity index is 2.02. The van der Waals surface area contributed by atoms with Gasteiger partial charge in [0.05, 0.1) is 5.54 Å². The Morgan fingerprint density at radius 1 is 1.44 bits per heavy atom. The highest BCUT2D eigenvalue weighted by molar-refractivity contribution is 5.44. The number of isocyanates is 1. The molecule has 1 heterocycles. The number of aliphatic imine (C=N–C) groups is 1. The van der Waals surface area contributed by atoms with Crippen LogP contribution in [0.25, 0.3) is 5.69 Å². The van der Waals surface area contributed by atoms with Gasteiger partial charge in [-0.25, -0.2) is 13.9 Å². The minimum atomic E-state index is -0.536. The van der Waals surface area contributed by atoms with Gasteiger partial charge in [-0.1, -0.05) is 6.07 Å². The first-order chi connectivity index (χ1) is 8.75. The molecule has 0 radical (unpaired) electrons. The van der Waals surface area contributed by atoms with Crippen molar-refractivity contribution in [2.75, 3.05) is 0 Å². The van der Waals surface area contributed by atoms with Crippen LogP contribution in [0.1, 0.15) is 18.4 Å². The Kier molecular flexibility index (Phi) is 2.35. The van der Waals surface area contributed by atoms with Crippen molar-refractivity contribution in [3.63, 3.8) is 0 Å². The lowest BCUT2D eigenvalue weighted by Crippen LogP contribution is -2.05. The quantitative estimate of drug-likeness (QED) is 0.613. The average molecular weight is 243 g/mol. The van der Waals surface area contributed by atoms with E-state index in [9.17, 15) is 9.18 Å². The normalized spacial score (nSPS) is 16.1. The number of rotatable bonds is 3. The van der Waals surface area contributed by atoms with Crippen LogP contribution in [0.15, 0.2) is 41.7 Å². The molecule has 0 aliphatic heterocycles. The molecule has 90 valence electrons. The van der Waals surface area contributed by atoms with E-state index < -0.39 is 5.54 Å². The van der Waals surface area contributed by atoms with E-state index >= 15 is 0 Å². The van der Waals surface area contributed by atoms with E-state index in [-0.39, 0.29) is 5.82 Å². The van der Waals surface area contributed by atoms with E-state index in [0.717, 1.165) is 18.4 Å². The van der Waals surface area contributed by atoms with Gasteiger partial charge in [-0.15, -0.1) is 0 Å². The SMILES string of the molecule is O=C=NC1(c2ccc(-n3cccn3)c(F)c2)CC1. The van der Waals surface area contributed by atoms with Crippen LogP contribution in [0.2, 0.25) is 0 Å². The van der Waals surface area contributed by atoms with E-state index in [2.05, 4.69) is 10.1 Å². The van der Waals surface area contributed by atoms with E-state index in [1.165, 1.54) is 10.7 Å². The Labute approximate surface area is 103 Å². The maximum atomic E-state index is 14.0. The summed E-state index contributed by atoms with van der Waals surface area (Å²) in [5.74, 6) is -0.372. The number of aromatic nitrogens is 2. The summed E-state index contributed by atoms with van der Waals surface area (Å²) in [5, 5.41) is 3.98. The molecule has 3 rings (SSSR count). The van der Waals surface area contributed by atoms with Crippen molar-refractivity contribution >= 4 is 6.08 Å². The Morgan fingerprint density at radius 2 is 2.28 bits per heavy atom. The lowest BCUT2D eigenvalue weighted by atomic mass is 10.0. The highest BCUT2D eigenvalue weighted by atomic mass is 19.1. The topological polar surface area (TPSA) is 47.2 Å². The lowest BCUT2D eigenvalue weighted by molar-refractivity contribution is 0.555. The van der Waals surface area contributed by atoms with Crippen LogP contribution in [0.4, 0.5) is 4.39 Å². The number of halogens is 1. The fourth-order valence-electron chi connectivity index (χ4n) is 2.06. The molecule has 5 heteroatoms. The summed E-state index contributed by atoms with van der Waals surface area (Å²) in [6.45, 7) is 0. The van der Waals surface area contributed by atoms with Crippen LogP contribution in [0.5, 0.6) is 0 Å². The summed E-state index contributed by atoms with van der Waals surface area (Å²) >= 11 is 0. The molecule has 1 fully saturated rings. The molecule has 0 atom stereocenters. The van der Waals surface area contributed by atoms with Gasteiger partial charge >= 0.3 is 0 Å². The van der Waals surface area contributed by atoms with Gasteiger partial charge < -0.3 is 0 Å². The molecule has 2 aromatic rings. The average Bonchev–Trinajstić information content (AvgIpc) is 2.95. The number of benzene rings is 1.